The summed E-state index contributed by atoms with van der Waals surface area (Å²) < 4.78 is 10.9. The highest BCUT2D eigenvalue weighted by Gasteiger charge is 2.29. The van der Waals surface area contributed by atoms with Crippen molar-refractivity contribution in [2.45, 2.75) is 44.9 Å². The number of hydrogen-bond acceptors (Lipinski definition) is 3. The minimum atomic E-state index is -0.389. The topological polar surface area (TPSA) is 30.5 Å². The van der Waals surface area contributed by atoms with E-state index in [0.717, 1.165) is 19.4 Å². The highest BCUT2D eigenvalue weighted by molar-refractivity contribution is 7.40. The fourth-order valence-electron chi connectivity index (χ4n) is 1.33. The third-order valence-corrected chi connectivity index (χ3v) is 4.10. The lowest BCUT2D eigenvalue weighted by Crippen LogP contribution is -2.33. The molecule has 14 heavy (non-hydrogen) atoms. The van der Waals surface area contributed by atoms with E-state index < -0.39 is 0 Å². The van der Waals surface area contributed by atoms with Crippen molar-refractivity contribution >= 4 is 8.58 Å². The Balaban J connectivity index is 4.01. The van der Waals surface area contributed by atoms with Crippen LogP contribution in [0.15, 0.2) is 0 Å². The Morgan fingerprint density at radius 3 is 2.21 bits per heavy atom. The molecule has 0 rings (SSSR count). The Hall–Kier alpha value is 0.310. The Labute approximate surface area is 89.7 Å². The molecular formula is C10H24NO2P. The second-order valence-electron chi connectivity index (χ2n) is 3.33. The maximum absolute atomic E-state index is 5.44. The first-order valence-corrected chi connectivity index (χ1v) is 6.33. The molecule has 0 aliphatic rings. The second kappa shape index (κ2) is 7.58. The average molecular weight is 221 g/mol. The van der Waals surface area contributed by atoms with E-state index in [2.05, 4.69) is 26.1 Å². The maximum Gasteiger partial charge on any atom is 0.184 e. The van der Waals surface area contributed by atoms with Crippen LogP contribution in [-0.4, -0.2) is 32.1 Å². The van der Waals surface area contributed by atoms with E-state index in [0.29, 0.717) is 14.4 Å². The normalized spacial score (nSPS) is 15.2. The van der Waals surface area contributed by atoms with Crippen LogP contribution in [0.5, 0.6) is 0 Å². The second-order valence-corrected chi connectivity index (χ2v) is 5.25. The Morgan fingerprint density at radius 2 is 1.86 bits per heavy atom. The van der Waals surface area contributed by atoms with E-state index in [1.165, 1.54) is 0 Å². The van der Waals surface area contributed by atoms with Crippen molar-refractivity contribution < 1.29 is 9.47 Å². The van der Waals surface area contributed by atoms with Gasteiger partial charge in [-0.15, -0.1) is 0 Å². The van der Waals surface area contributed by atoms with E-state index in [-0.39, 0.29) is 5.53 Å². The van der Waals surface area contributed by atoms with Gasteiger partial charge in [-0.05, 0) is 28.5 Å². The van der Waals surface area contributed by atoms with Crippen LogP contribution in [0.4, 0.5) is 0 Å². The lowest BCUT2D eigenvalue weighted by atomic mass is 10.5. The van der Waals surface area contributed by atoms with Crippen molar-refractivity contribution in [1.82, 2.24) is 5.32 Å². The number of rotatable bonds is 8. The van der Waals surface area contributed by atoms with Crippen LogP contribution in [0.25, 0.3) is 0 Å². The fourth-order valence-corrected chi connectivity index (χ4v) is 2.68. The minimum absolute atomic E-state index is 0.389. The van der Waals surface area contributed by atoms with E-state index in [1.54, 1.807) is 14.2 Å². The molecule has 0 fully saturated rings. The summed E-state index contributed by atoms with van der Waals surface area (Å²) in [6, 6.07) is 0. The smallest absolute Gasteiger partial charge is 0.184 e. The lowest BCUT2D eigenvalue weighted by Gasteiger charge is -2.32. The van der Waals surface area contributed by atoms with Crippen molar-refractivity contribution in [2.75, 3.05) is 20.8 Å². The van der Waals surface area contributed by atoms with Crippen molar-refractivity contribution in [2.24, 2.45) is 0 Å². The van der Waals surface area contributed by atoms with Gasteiger partial charge in [0, 0.05) is 26.4 Å². The molecule has 0 heterocycles. The zero-order valence-corrected chi connectivity index (χ0v) is 11.0. The summed E-state index contributed by atoms with van der Waals surface area (Å²) in [4.78, 5) is 0. The van der Waals surface area contributed by atoms with E-state index >= 15 is 0 Å². The quantitative estimate of drug-likeness (QED) is 0.504. The van der Waals surface area contributed by atoms with Crippen molar-refractivity contribution in [1.29, 1.82) is 0 Å². The van der Waals surface area contributed by atoms with E-state index in [9.17, 15) is 0 Å². The predicted octanol–water partition coefficient (Wildman–Crippen LogP) is 2.37. The first-order chi connectivity index (χ1) is 6.64. The molecule has 2 unspecified atom stereocenters. The highest BCUT2D eigenvalue weighted by atomic mass is 31.1. The first kappa shape index (κ1) is 14.3. The Bertz CT molecular complexity index is 132. The first-order valence-electron chi connectivity index (χ1n) is 5.25. The zero-order chi connectivity index (χ0) is 11.0. The van der Waals surface area contributed by atoms with Crippen LogP contribution < -0.4 is 5.32 Å². The van der Waals surface area contributed by atoms with Gasteiger partial charge < -0.3 is 14.8 Å². The molecule has 86 valence electrons. The largest absolute Gasteiger partial charge is 0.350 e. The SMILES string of the molecule is CCCNC(C)PC(CC)(OC)OC. The molecule has 0 saturated heterocycles. The number of ether oxygens (including phenoxy) is 2. The van der Waals surface area contributed by atoms with Crippen LogP contribution in [0, 0.1) is 0 Å². The summed E-state index contributed by atoms with van der Waals surface area (Å²) in [6.07, 6.45) is 2.05. The molecule has 0 aliphatic heterocycles. The van der Waals surface area contributed by atoms with Gasteiger partial charge in [-0.25, -0.2) is 0 Å². The van der Waals surface area contributed by atoms with Crippen LogP contribution in [0.3, 0.4) is 0 Å². The molecular weight excluding hydrogens is 197 g/mol. The molecule has 0 aliphatic carbocycles. The molecule has 2 atom stereocenters. The van der Waals surface area contributed by atoms with E-state index in [1.807, 2.05) is 0 Å². The molecule has 0 bridgehead atoms. The fraction of sp³-hybridized carbons (Fsp3) is 1.00. The molecule has 0 amide bonds. The van der Waals surface area contributed by atoms with Gasteiger partial charge in [-0.2, -0.15) is 0 Å². The summed E-state index contributed by atoms with van der Waals surface area (Å²) in [7, 11) is 4.05. The minimum Gasteiger partial charge on any atom is -0.350 e. The van der Waals surface area contributed by atoms with Gasteiger partial charge >= 0.3 is 0 Å². The van der Waals surface area contributed by atoms with Gasteiger partial charge in [0.1, 0.15) is 0 Å². The van der Waals surface area contributed by atoms with Crippen LogP contribution >= 0.6 is 8.58 Å². The molecule has 0 spiro atoms. The van der Waals surface area contributed by atoms with Crippen molar-refractivity contribution in [3.05, 3.63) is 0 Å². The molecule has 0 radical (unpaired) electrons. The van der Waals surface area contributed by atoms with Crippen molar-refractivity contribution in [3.8, 4) is 0 Å². The van der Waals surface area contributed by atoms with Crippen molar-refractivity contribution in [3.63, 3.8) is 0 Å². The summed E-state index contributed by atoms with van der Waals surface area (Å²) in [5, 5.41) is 3.44. The molecule has 4 heteroatoms. The summed E-state index contributed by atoms with van der Waals surface area (Å²) in [5.74, 6) is 0.454. The Kier molecular flexibility index (Phi) is 7.75. The monoisotopic (exact) mass is 221 g/mol. The summed E-state index contributed by atoms with van der Waals surface area (Å²) in [6.45, 7) is 7.49. The van der Waals surface area contributed by atoms with E-state index in [4.69, 9.17) is 9.47 Å². The highest BCUT2D eigenvalue weighted by Crippen LogP contribution is 2.39. The van der Waals surface area contributed by atoms with Crippen LogP contribution in [-0.2, 0) is 9.47 Å². The van der Waals surface area contributed by atoms with Gasteiger partial charge in [-0.3, -0.25) is 0 Å². The zero-order valence-electron chi connectivity index (χ0n) is 10.0. The van der Waals surface area contributed by atoms with Gasteiger partial charge in [0.15, 0.2) is 5.53 Å². The molecule has 0 aromatic carbocycles. The van der Waals surface area contributed by atoms with Gasteiger partial charge in [-0.1, -0.05) is 13.8 Å². The van der Waals surface area contributed by atoms with Gasteiger partial charge in [0.2, 0.25) is 0 Å². The number of hydrogen-bond donors (Lipinski definition) is 1. The lowest BCUT2D eigenvalue weighted by molar-refractivity contribution is -0.138. The molecule has 0 aromatic rings. The molecule has 0 saturated carbocycles. The molecule has 3 nitrogen and oxygen atoms in total. The molecule has 1 N–H and O–H groups in total. The number of methoxy groups -OCH3 is 2. The summed E-state index contributed by atoms with van der Waals surface area (Å²) in [5.41, 5.74) is -0.389. The van der Waals surface area contributed by atoms with Gasteiger partial charge in [0.05, 0.1) is 0 Å². The maximum atomic E-state index is 5.44. The molecule has 0 aromatic heterocycles. The summed E-state index contributed by atoms with van der Waals surface area (Å²) >= 11 is 0. The van der Waals surface area contributed by atoms with Gasteiger partial charge in [0.25, 0.3) is 0 Å². The number of nitrogens with one attached hydrogen (secondary N) is 1. The average Bonchev–Trinajstić information content (AvgIpc) is 2.23. The van der Waals surface area contributed by atoms with Crippen LogP contribution in [0.1, 0.15) is 33.6 Å². The van der Waals surface area contributed by atoms with Crippen LogP contribution in [0.2, 0.25) is 0 Å². The Morgan fingerprint density at radius 1 is 1.29 bits per heavy atom. The third-order valence-electron chi connectivity index (χ3n) is 2.26. The standard InChI is InChI=1S/C10H24NO2P/c1-6-8-11-9(3)14-10(7-2,12-4)13-5/h9,11,14H,6-8H2,1-5H3. The third kappa shape index (κ3) is 4.70. The predicted molar refractivity (Wildman–Crippen MR) is 63.1 cm³/mol.